The van der Waals surface area contributed by atoms with Crippen LogP contribution in [0.2, 0.25) is 0 Å². The summed E-state index contributed by atoms with van der Waals surface area (Å²) >= 11 is 0. The average Bonchev–Trinajstić information content (AvgIpc) is 3.05. The molecule has 1 amide bonds. The van der Waals surface area contributed by atoms with Gasteiger partial charge in [-0.25, -0.2) is 9.78 Å². The van der Waals surface area contributed by atoms with Crippen molar-refractivity contribution in [1.29, 1.82) is 0 Å². The number of nitrogens with zero attached hydrogens (tertiary/aromatic N) is 3. The van der Waals surface area contributed by atoms with Crippen LogP contribution < -0.4 is 4.90 Å². The van der Waals surface area contributed by atoms with E-state index in [4.69, 9.17) is 4.74 Å². The van der Waals surface area contributed by atoms with Gasteiger partial charge in [0.25, 0.3) is 0 Å². The number of Topliss-reactive ketones (excluding diaryl/α,β-unsaturated/α-hetero) is 1. The highest BCUT2D eigenvalue weighted by Crippen LogP contribution is 2.32. The van der Waals surface area contributed by atoms with Crippen molar-refractivity contribution in [3.8, 4) is 5.69 Å². The van der Waals surface area contributed by atoms with Crippen molar-refractivity contribution in [2.24, 2.45) is 0 Å². The number of aryl methyl sites for hydroxylation is 2. The molecule has 6 nitrogen and oxygen atoms in total. The summed E-state index contributed by atoms with van der Waals surface area (Å²) < 4.78 is 7.44. The summed E-state index contributed by atoms with van der Waals surface area (Å²) in [6.07, 6.45) is 5.51. The molecule has 0 fully saturated rings. The van der Waals surface area contributed by atoms with Gasteiger partial charge in [0.2, 0.25) is 0 Å². The molecule has 0 saturated carbocycles. The molecule has 0 atom stereocenters. The standard InChI is InChI=1S/C21H25N3O3/c1-21(2,3)27-20(26)23-11-5-6-14-12-15(9-10-17(14)23)24-13-22-16-7-4-8-18(25)19(16)24/h9-10,12-13H,4-8,11H2,1-3H3. The Morgan fingerprint density at radius 3 is 2.74 bits per heavy atom. The number of aromatic nitrogens is 2. The molecule has 0 radical (unpaired) electrons. The smallest absolute Gasteiger partial charge is 0.414 e. The highest BCUT2D eigenvalue weighted by Gasteiger charge is 2.28. The molecule has 6 heteroatoms. The molecule has 1 aliphatic carbocycles. The molecule has 2 aromatic rings. The number of amides is 1. The fourth-order valence-electron chi connectivity index (χ4n) is 3.83. The Morgan fingerprint density at radius 1 is 1.15 bits per heavy atom. The van der Waals surface area contributed by atoms with E-state index in [0.29, 0.717) is 18.7 Å². The number of carbonyl (C=O) groups excluding carboxylic acids is 2. The normalized spacial score (nSPS) is 16.7. The lowest BCUT2D eigenvalue weighted by Gasteiger charge is -2.32. The van der Waals surface area contributed by atoms with Gasteiger partial charge in [-0.05, 0) is 70.2 Å². The van der Waals surface area contributed by atoms with Crippen LogP contribution in [0.3, 0.4) is 0 Å². The Morgan fingerprint density at radius 2 is 1.96 bits per heavy atom. The topological polar surface area (TPSA) is 64.4 Å². The predicted molar refractivity (Wildman–Crippen MR) is 103 cm³/mol. The number of anilines is 1. The van der Waals surface area contributed by atoms with Crippen LogP contribution in [0.25, 0.3) is 5.69 Å². The summed E-state index contributed by atoms with van der Waals surface area (Å²) in [7, 11) is 0. The number of imidazole rings is 1. The monoisotopic (exact) mass is 367 g/mol. The number of benzene rings is 1. The summed E-state index contributed by atoms with van der Waals surface area (Å²) in [6.45, 7) is 6.27. The summed E-state index contributed by atoms with van der Waals surface area (Å²) in [5, 5.41) is 0. The minimum absolute atomic E-state index is 0.154. The lowest BCUT2D eigenvalue weighted by atomic mass is 9.98. The summed E-state index contributed by atoms with van der Waals surface area (Å²) in [4.78, 5) is 31.1. The molecule has 0 bridgehead atoms. The molecule has 0 saturated heterocycles. The van der Waals surface area contributed by atoms with E-state index >= 15 is 0 Å². The molecule has 0 unspecified atom stereocenters. The van der Waals surface area contributed by atoms with E-state index in [2.05, 4.69) is 11.1 Å². The van der Waals surface area contributed by atoms with Gasteiger partial charge in [0, 0.05) is 18.7 Å². The first-order valence-electron chi connectivity index (χ1n) is 9.57. The van der Waals surface area contributed by atoms with Crippen LogP contribution >= 0.6 is 0 Å². The predicted octanol–water partition coefficient (Wildman–Crippen LogP) is 4.08. The van der Waals surface area contributed by atoms with Gasteiger partial charge in [-0.2, -0.15) is 0 Å². The van der Waals surface area contributed by atoms with Crippen LogP contribution in [-0.4, -0.2) is 33.6 Å². The van der Waals surface area contributed by atoms with Crippen LogP contribution in [0.4, 0.5) is 10.5 Å². The van der Waals surface area contributed by atoms with Crippen molar-refractivity contribution in [3.63, 3.8) is 0 Å². The van der Waals surface area contributed by atoms with E-state index in [1.165, 1.54) is 0 Å². The summed E-state index contributed by atoms with van der Waals surface area (Å²) in [6, 6.07) is 5.97. The van der Waals surface area contributed by atoms with Gasteiger partial charge in [0.05, 0.1) is 11.4 Å². The van der Waals surface area contributed by atoms with Crippen LogP contribution in [0.1, 0.15) is 61.8 Å². The van der Waals surface area contributed by atoms with E-state index in [1.807, 2.05) is 37.5 Å². The minimum atomic E-state index is -0.523. The molecule has 1 aliphatic heterocycles. The van der Waals surface area contributed by atoms with Crippen LogP contribution in [-0.2, 0) is 17.6 Å². The van der Waals surface area contributed by atoms with Gasteiger partial charge in [-0.1, -0.05) is 0 Å². The highest BCUT2D eigenvalue weighted by molar-refractivity contribution is 5.97. The number of hydrogen-bond acceptors (Lipinski definition) is 4. The maximum atomic E-state index is 12.6. The molecule has 142 valence electrons. The maximum Gasteiger partial charge on any atom is 0.414 e. The van der Waals surface area contributed by atoms with E-state index in [9.17, 15) is 9.59 Å². The van der Waals surface area contributed by atoms with Gasteiger partial charge < -0.3 is 4.74 Å². The Balaban J connectivity index is 1.68. The number of fused-ring (bicyclic) bond motifs is 2. The Labute approximate surface area is 159 Å². The molecule has 2 heterocycles. The molecular formula is C21H25N3O3. The molecular weight excluding hydrogens is 342 g/mol. The Kier molecular flexibility index (Phi) is 4.29. The summed E-state index contributed by atoms with van der Waals surface area (Å²) in [5.41, 5.74) is 3.98. The molecule has 27 heavy (non-hydrogen) atoms. The van der Waals surface area contributed by atoms with Crippen molar-refractivity contribution < 1.29 is 14.3 Å². The Bertz CT molecular complexity index is 908. The molecule has 0 spiro atoms. The van der Waals surface area contributed by atoms with Gasteiger partial charge >= 0.3 is 6.09 Å². The van der Waals surface area contributed by atoms with E-state index in [-0.39, 0.29) is 11.9 Å². The molecule has 1 aromatic heterocycles. The number of ketones is 1. The fourth-order valence-corrected chi connectivity index (χ4v) is 3.83. The van der Waals surface area contributed by atoms with Crippen molar-refractivity contribution in [2.75, 3.05) is 11.4 Å². The van der Waals surface area contributed by atoms with Gasteiger partial charge in [-0.3, -0.25) is 14.3 Å². The van der Waals surface area contributed by atoms with Gasteiger partial charge in [0.15, 0.2) is 5.78 Å². The third-order valence-corrected chi connectivity index (χ3v) is 5.00. The number of hydrogen-bond donors (Lipinski definition) is 0. The first-order chi connectivity index (χ1) is 12.8. The van der Waals surface area contributed by atoms with E-state index in [0.717, 1.165) is 48.3 Å². The molecule has 2 aliphatic rings. The van der Waals surface area contributed by atoms with Crippen molar-refractivity contribution in [3.05, 3.63) is 41.5 Å². The van der Waals surface area contributed by atoms with Crippen LogP contribution in [0, 0.1) is 0 Å². The zero-order valence-corrected chi connectivity index (χ0v) is 16.1. The second-order valence-electron chi connectivity index (χ2n) is 8.24. The van der Waals surface area contributed by atoms with Gasteiger partial charge in [0.1, 0.15) is 17.6 Å². The molecule has 1 aromatic carbocycles. The third kappa shape index (κ3) is 3.36. The first-order valence-corrected chi connectivity index (χ1v) is 9.57. The van der Waals surface area contributed by atoms with Crippen molar-refractivity contribution in [2.45, 2.75) is 58.5 Å². The minimum Gasteiger partial charge on any atom is -0.443 e. The van der Waals surface area contributed by atoms with Crippen molar-refractivity contribution in [1.82, 2.24) is 9.55 Å². The Hall–Kier alpha value is -2.63. The number of carbonyl (C=O) groups is 2. The number of rotatable bonds is 1. The zero-order valence-electron chi connectivity index (χ0n) is 16.1. The molecule has 0 N–H and O–H groups in total. The quantitative estimate of drug-likeness (QED) is 0.762. The van der Waals surface area contributed by atoms with Crippen molar-refractivity contribution >= 4 is 17.6 Å². The largest absolute Gasteiger partial charge is 0.443 e. The second kappa shape index (κ2) is 6.51. The fraction of sp³-hybridized carbons (Fsp3) is 0.476. The highest BCUT2D eigenvalue weighted by atomic mass is 16.6. The van der Waals surface area contributed by atoms with E-state index in [1.54, 1.807) is 11.2 Å². The second-order valence-corrected chi connectivity index (χ2v) is 8.24. The van der Waals surface area contributed by atoms with Crippen LogP contribution in [0.5, 0.6) is 0 Å². The third-order valence-electron chi connectivity index (χ3n) is 5.00. The number of ether oxygens (including phenoxy) is 1. The lowest BCUT2D eigenvalue weighted by molar-refractivity contribution is 0.0577. The molecule has 4 rings (SSSR count). The van der Waals surface area contributed by atoms with Gasteiger partial charge in [-0.15, -0.1) is 0 Å². The lowest BCUT2D eigenvalue weighted by Crippen LogP contribution is -2.39. The average molecular weight is 367 g/mol. The summed E-state index contributed by atoms with van der Waals surface area (Å²) in [5.74, 6) is 0.154. The van der Waals surface area contributed by atoms with E-state index < -0.39 is 5.60 Å². The van der Waals surface area contributed by atoms with Crippen LogP contribution in [0.15, 0.2) is 24.5 Å². The maximum absolute atomic E-state index is 12.6. The first kappa shape index (κ1) is 17.8. The SMILES string of the molecule is CC(C)(C)OC(=O)N1CCCc2cc(-n3cnc4c3C(=O)CCC4)ccc21. The zero-order chi connectivity index (χ0) is 19.2.